The van der Waals surface area contributed by atoms with E-state index in [0.29, 0.717) is 5.92 Å². The SMILES string of the molecule is O=C1COc2c(ccc([N+](=O)[O-])c2C(=O)NC2CN3CCC2CC3)N1. The van der Waals surface area contributed by atoms with Crippen LogP contribution in [-0.2, 0) is 4.79 Å². The number of ether oxygens (including phenoxy) is 1. The monoisotopic (exact) mass is 346 g/mol. The van der Waals surface area contributed by atoms with Gasteiger partial charge >= 0.3 is 0 Å². The van der Waals surface area contributed by atoms with Gasteiger partial charge in [0.05, 0.1) is 10.6 Å². The molecule has 1 aromatic rings. The van der Waals surface area contributed by atoms with Gasteiger partial charge in [-0.3, -0.25) is 19.7 Å². The number of anilines is 1. The molecule has 2 N–H and O–H groups in total. The van der Waals surface area contributed by atoms with Crippen molar-refractivity contribution < 1.29 is 19.2 Å². The van der Waals surface area contributed by atoms with Gasteiger partial charge in [0.1, 0.15) is 0 Å². The molecule has 4 aliphatic heterocycles. The van der Waals surface area contributed by atoms with Crippen LogP contribution in [0.5, 0.6) is 5.75 Å². The standard InChI is InChI=1S/C16H18N4O5/c21-13-8-25-15-10(17-13)1-2-12(20(23)24)14(15)16(22)18-11-7-19-5-3-9(11)4-6-19/h1-2,9,11H,3-8H2,(H,17,21)(H,18,22). The number of hydrogen-bond acceptors (Lipinski definition) is 6. The van der Waals surface area contributed by atoms with Gasteiger partial charge in [-0.25, -0.2) is 0 Å². The van der Waals surface area contributed by atoms with E-state index in [1.165, 1.54) is 12.1 Å². The normalized spacial score (nSPS) is 27.0. The Balaban J connectivity index is 1.66. The Bertz CT molecular complexity index is 757. The number of rotatable bonds is 3. The van der Waals surface area contributed by atoms with Gasteiger partial charge in [0.25, 0.3) is 17.5 Å². The Morgan fingerprint density at radius 3 is 2.76 bits per heavy atom. The number of piperidine rings is 3. The Morgan fingerprint density at radius 1 is 1.36 bits per heavy atom. The smallest absolute Gasteiger partial charge is 0.286 e. The second-order valence-corrected chi connectivity index (χ2v) is 6.65. The molecule has 0 spiro atoms. The average Bonchev–Trinajstić information content (AvgIpc) is 2.61. The van der Waals surface area contributed by atoms with E-state index in [0.717, 1.165) is 32.5 Å². The van der Waals surface area contributed by atoms with E-state index < -0.39 is 10.8 Å². The lowest BCUT2D eigenvalue weighted by atomic mass is 9.84. The number of fused-ring (bicyclic) bond motifs is 4. The molecule has 2 amide bonds. The van der Waals surface area contributed by atoms with Gasteiger partial charge in [-0.15, -0.1) is 0 Å². The number of amides is 2. The molecule has 3 saturated heterocycles. The van der Waals surface area contributed by atoms with Crippen molar-refractivity contribution in [3.8, 4) is 5.75 Å². The van der Waals surface area contributed by atoms with Gasteiger partial charge < -0.3 is 20.3 Å². The van der Waals surface area contributed by atoms with Crippen LogP contribution in [0.3, 0.4) is 0 Å². The lowest BCUT2D eigenvalue weighted by Crippen LogP contribution is -2.57. The van der Waals surface area contributed by atoms with Crippen molar-refractivity contribution in [3.63, 3.8) is 0 Å². The summed E-state index contributed by atoms with van der Waals surface area (Å²) in [6, 6.07) is 2.58. The number of nitro groups is 1. The second-order valence-electron chi connectivity index (χ2n) is 6.65. The van der Waals surface area contributed by atoms with E-state index in [-0.39, 0.29) is 41.2 Å². The summed E-state index contributed by atoms with van der Waals surface area (Å²) in [7, 11) is 0. The molecule has 5 rings (SSSR count). The molecule has 25 heavy (non-hydrogen) atoms. The van der Waals surface area contributed by atoms with E-state index in [4.69, 9.17) is 4.74 Å². The molecule has 1 atom stereocenters. The number of carbonyl (C=O) groups is 2. The summed E-state index contributed by atoms with van der Waals surface area (Å²) in [6.07, 6.45) is 2.04. The van der Waals surface area contributed by atoms with Crippen LogP contribution in [0.2, 0.25) is 0 Å². The van der Waals surface area contributed by atoms with Gasteiger partial charge in [0.15, 0.2) is 17.9 Å². The predicted octanol–water partition coefficient (Wildman–Crippen LogP) is 0.750. The molecular formula is C16H18N4O5. The van der Waals surface area contributed by atoms with Crippen molar-refractivity contribution in [1.82, 2.24) is 10.2 Å². The summed E-state index contributed by atoms with van der Waals surface area (Å²) < 4.78 is 5.34. The Kier molecular flexibility index (Phi) is 3.79. The molecule has 1 aromatic carbocycles. The first kappa shape index (κ1) is 15.8. The van der Waals surface area contributed by atoms with Gasteiger partial charge in [0.2, 0.25) is 0 Å². The third-order valence-corrected chi connectivity index (χ3v) is 5.15. The van der Waals surface area contributed by atoms with Crippen LogP contribution in [-0.4, -0.2) is 53.9 Å². The van der Waals surface area contributed by atoms with Gasteiger partial charge in [0, 0.05) is 18.7 Å². The average molecular weight is 346 g/mol. The topological polar surface area (TPSA) is 114 Å². The minimum atomic E-state index is -0.606. The molecule has 0 aromatic heterocycles. The molecule has 0 saturated carbocycles. The van der Waals surface area contributed by atoms with Gasteiger partial charge in [-0.05, 0) is 37.9 Å². The molecule has 3 fully saturated rings. The summed E-state index contributed by atoms with van der Waals surface area (Å²) in [6.45, 7) is 2.56. The first-order valence-corrected chi connectivity index (χ1v) is 8.30. The number of nitro benzene ring substituents is 1. The first-order valence-electron chi connectivity index (χ1n) is 8.30. The van der Waals surface area contributed by atoms with Crippen LogP contribution in [0.25, 0.3) is 0 Å². The number of benzene rings is 1. The highest BCUT2D eigenvalue weighted by Gasteiger charge is 2.37. The van der Waals surface area contributed by atoms with Crippen LogP contribution in [0.1, 0.15) is 23.2 Å². The van der Waals surface area contributed by atoms with Crippen molar-refractivity contribution in [3.05, 3.63) is 27.8 Å². The maximum atomic E-state index is 12.8. The molecule has 1 unspecified atom stereocenters. The largest absolute Gasteiger partial charge is 0.480 e. The zero-order valence-corrected chi connectivity index (χ0v) is 13.5. The zero-order chi connectivity index (χ0) is 17.6. The Morgan fingerprint density at radius 2 is 2.12 bits per heavy atom. The minimum Gasteiger partial charge on any atom is -0.480 e. The maximum Gasteiger partial charge on any atom is 0.286 e. The van der Waals surface area contributed by atoms with Crippen LogP contribution < -0.4 is 15.4 Å². The molecule has 0 radical (unpaired) electrons. The van der Waals surface area contributed by atoms with Crippen LogP contribution >= 0.6 is 0 Å². The number of hydrogen-bond donors (Lipinski definition) is 2. The molecular weight excluding hydrogens is 328 g/mol. The highest BCUT2D eigenvalue weighted by molar-refractivity contribution is 6.06. The molecule has 4 aliphatic rings. The van der Waals surface area contributed by atoms with E-state index >= 15 is 0 Å². The number of nitrogens with one attached hydrogen (secondary N) is 2. The summed E-state index contributed by atoms with van der Waals surface area (Å²) >= 11 is 0. The lowest BCUT2D eigenvalue weighted by molar-refractivity contribution is -0.385. The van der Waals surface area contributed by atoms with Gasteiger partial charge in [-0.2, -0.15) is 0 Å². The summed E-state index contributed by atoms with van der Waals surface area (Å²) in [5.74, 6) is -0.427. The highest BCUT2D eigenvalue weighted by atomic mass is 16.6. The minimum absolute atomic E-state index is 0.0244. The fourth-order valence-electron chi connectivity index (χ4n) is 3.89. The molecule has 9 heteroatoms. The van der Waals surface area contributed by atoms with Crippen molar-refractivity contribution in [2.45, 2.75) is 18.9 Å². The summed E-state index contributed by atoms with van der Waals surface area (Å²) in [5, 5.41) is 16.9. The molecule has 132 valence electrons. The number of nitrogens with zero attached hydrogens (tertiary/aromatic N) is 2. The summed E-state index contributed by atoms with van der Waals surface area (Å²) in [4.78, 5) is 37.3. The second kappa shape index (κ2) is 5.99. The van der Waals surface area contributed by atoms with Gasteiger partial charge in [-0.1, -0.05) is 0 Å². The zero-order valence-electron chi connectivity index (χ0n) is 13.5. The van der Waals surface area contributed by atoms with E-state index in [2.05, 4.69) is 15.5 Å². The Labute approximate surface area is 143 Å². The van der Waals surface area contributed by atoms with Crippen molar-refractivity contribution in [1.29, 1.82) is 0 Å². The molecule has 9 nitrogen and oxygen atoms in total. The molecule has 2 bridgehead atoms. The van der Waals surface area contributed by atoms with Crippen LogP contribution in [0, 0.1) is 16.0 Å². The highest BCUT2D eigenvalue weighted by Crippen LogP contribution is 2.38. The van der Waals surface area contributed by atoms with Crippen molar-refractivity contribution >= 4 is 23.2 Å². The number of carbonyl (C=O) groups excluding carboxylic acids is 2. The molecule has 0 aliphatic carbocycles. The van der Waals surface area contributed by atoms with Crippen LogP contribution in [0.4, 0.5) is 11.4 Å². The quantitative estimate of drug-likeness (QED) is 0.617. The fraction of sp³-hybridized carbons (Fsp3) is 0.500. The molecule has 4 heterocycles. The Hall–Kier alpha value is -2.68. The maximum absolute atomic E-state index is 12.8. The predicted molar refractivity (Wildman–Crippen MR) is 87.6 cm³/mol. The summed E-state index contributed by atoms with van der Waals surface area (Å²) in [5.41, 5.74) is -0.173. The van der Waals surface area contributed by atoms with E-state index in [9.17, 15) is 19.7 Å². The van der Waals surface area contributed by atoms with E-state index in [1.54, 1.807) is 0 Å². The lowest BCUT2D eigenvalue weighted by Gasteiger charge is -2.44. The van der Waals surface area contributed by atoms with Crippen LogP contribution in [0.15, 0.2) is 12.1 Å². The third kappa shape index (κ3) is 2.80. The first-order chi connectivity index (χ1) is 12.0. The van der Waals surface area contributed by atoms with E-state index in [1.807, 2.05) is 0 Å². The fourth-order valence-corrected chi connectivity index (χ4v) is 3.89. The van der Waals surface area contributed by atoms with Crippen molar-refractivity contribution in [2.75, 3.05) is 31.6 Å². The van der Waals surface area contributed by atoms with Crippen molar-refractivity contribution in [2.24, 2.45) is 5.92 Å². The third-order valence-electron chi connectivity index (χ3n) is 5.15.